The Morgan fingerprint density at radius 1 is 1.21 bits per heavy atom. The second-order valence-electron chi connectivity index (χ2n) is 5.05. The topological polar surface area (TPSA) is 60.4 Å². The molecule has 1 rings (SSSR count). The first kappa shape index (κ1) is 15.9. The number of ketones is 1. The van der Waals surface area contributed by atoms with Gasteiger partial charge in [0.05, 0.1) is 11.0 Å². The number of carbonyl (C=O) groups is 1. The Balaban J connectivity index is 2.93. The maximum Gasteiger partial charge on any atom is 0.297 e. The van der Waals surface area contributed by atoms with Crippen molar-refractivity contribution in [2.75, 3.05) is 0 Å². The number of rotatable bonds is 6. The molecule has 0 fully saturated rings. The molecule has 4 nitrogen and oxygen atoms in total. The second kappa shape index (κ2) is 6.30. The molecule has 1 aromatic carbocycles. The number of benzene rings is 1. The van der Waals surface area contributed by atoms with Crippen LogP contribution in [0, 0.1) is 12.8 Å². The van der Waals surface area contributed by atoms with Crippen molar-refractivity contribution < 1.29 is 17.4 Å². The highest BCUT2D eigenvalue weighted by Gasteiger charge is 2.25. The Morgan fingerprint density at radius 3 is 2.16 bits per heavy atom. The molecule has 0 saturated carbocycles. The maximum atomic E-state index is 12.1. The van der Waals surface area contributed by atoms with E-state index in [1.165, 1.54) is 19.1 Å². The van der Waals surface area contributed by atoms with E-state index in [9.17, 15) is 13.2 Å². The van der Waals surface area contributed by atoms with Crippen LogP contribution in [0.1, 0.15) is 32.8 Å². The summed E-state index contributed by atoms with van der Waals surface area (Å²) in [7, 11) is -3.82. The van der Waals surface area contributed by atoms with Gasteiger partial charge in [0.25, 0.3) is 10.1 Å². The van der Waals surface area contributed by atoms with Crippen molar-refractivity contribution >= 4 is 15.9 Å². The van der Waals surface area contributed by atoms with Crippen LogP contribution in [0.25, 0.3) is 0 Å². The van der Waals surface area contributed by atoms with Gasteiger partial charge in [0.1, 0.15) is 5.78 Å². The number of aryl methyl sites for hydroxylation is 1. The molecule has 0 aliphatic heterocycles. The average molecular weight is 284 g/mol. The Morgan fingerprint density at radius 2 is 1.74 bits per heavy atom. The fourth-order valence-corrected chi connectivity index (χ4v) is 2.78. The molecular formula is C14H20O4S. The summed E-state index contributed by atoms with van der Waals surface area (Å²) in [6, 6.07) is 6.45. The lowest BCUT2D eigenvalue weighted by molar-refractivity contribution is -0.118. The summed E-state index contributed by atoms with van der Waals surface area (Å²) in [4.78, 5) is 11.3. The van der Waals surface area contributed by atoms with Gasteiger partial charge in [-0.1, -0.05) is 31.5 Å². The highest BCUT2D eigenvalue weighted by atomic mass is 32.2. The lowest BCUT2D eigenvalue weighted by atomic mass is 10.0. The SMILES string of the molecule is CC(=O)CC(OS(=O)(=O)c1ccc(C)cc1)C(C)C. The minimum absolute atomic E-state index is 0.0517. The molecule has 0 aliphatic carbocycles. The molecule has 19 heavy (non-hydrogen) atoms. The third-order valence-electron chi connectivity index (χ3n) is 2.79. The number of Topliss-reactive ketones (excluding diaryl/α,β-unsaturated/α-hetero) is 1. The Hall–Kier alpha value is -1.20. The van der Waals surface area contributed by atoms with Crippen LogP contribution < -0.4 is 0 Å². The summed E-state index contributed by atoms with van der Waals surface area (Å²) in [6.07, 6.45) is -0.522. The predicted octanol–water partition coefficient (Wildman–Crippen LogP) is 2.70. The molecule has 1 atom stereocenters. The molecule has 0 bridgehead atoms. The van der Waals surface area contributed by atoms with Crippen molar-refractivity contribution in [1.82, 2.24) is 0 Å². The third-order valence-corrected chi connectivity index (χ3v) is 4.14. The number of carbonyl (C=O) groups excluding carboxylic acids is 1. The van der Waals surface area contributed by atoms with E-state index in [0.29, 0.717) is 0 Å². The second-order valence-corrected chi connectivity index (χ2v) is 6.62. The number of hydrogen-bond acceptors (Lipinski definition) is 4. The van der Waals surface area contributed by atoms with Gasteiger partial charge in [0.15, 0.2) is 0 Å². The van der Waals surface area contributed by atoms with Gasteiger partial charge in [-0.05, 0) is 31.9 Å². The molecule has 0 spiro atoms. The quantitative estimate of drug-likeness (QED) is 0.754. The van der Waals surface area contributed by atoms with Gasteiger partial charge in [0, 0.05) is 6.42 Å². The maximum absolute atomic E-state index is 12.1. The highest BCUT2D eigenvalue weighted by molar-refractivity contribution is 7.86. The van der Waals surface area contributed by atoms with Crippen molar-refractivity contribution in [3.05, 3.63) is 29.8 Å². The largest absolute Gasteiger partial charge is 0.300 e. The van der Waals surface area contributed by atoms with E-state index in [1.54, 1.807) is 12.1 Å². The molecule has 0 N–H and O–H groups in total. The van der Waals surface area contributed by atoms with E-state index in [4.69, 9.17) is 4.18 Å². The molecule has 0 radical (unpaired) electrons. The normalized spacial score (nSPS) is 13.5. The number of hydrogen-bond donors (Lipinski definition) is 0. The van der Waals surface area contributed by atoms with Crippen molar-refractivity contribution in [2.24, 2.45) is 5.92 Å². The highest BCUT2D eigenvalue weighted by Crippen LogP contribution is 2.20. The Labute approximate surface area is 114 Å². The van der Waals surface area contributed by atoms with E-state index in [1.807, 2.05) is 20.8 Å². The van der Waals surface area contributed by atoms with Crippen LogP contribution >= 0.6 is 0 Å². The minimum Gasteiger partial charge on any atom is -0.300 e. The third kappa shape index (κ3) is 4.76. The van der Waals surface area contributed by atoms with E-state index in [0.717, 1.165) is 5.56 Å². The van der Waals surface area contributed by atoms with Crippen LogP contribution in [0.5, 0.6) is 0 Å². The summed E-state index contributed by atoms with van der Waals surface area (Å²) in [5, 5.41) is 0. The van der Waals surface area contributed by atoms with E-state index >= 15 is 0 Å². The molecule has 0 heterocycles. The van der Waals surface area contributed by atoms with Crippen molar-refractivity contribution in [2.45, 2.75) is 45.1 Å². The van der Waals surface area contributed by atoms with Crippen molar-refractivity contribution in [1.29, 1.82) is 0 Å². The van der Waals surface area contributed by atoms with Crippen molar-refractivity contribution in [3.8, 4) is 0 Å². The van der Waals surface area contributed by atoms with Gasteiger partial charge in [-0.3, -0.25) is 8.98 Å². The fraction of sp³-hybridized carbons (Fsp3) is 0.500. The first-order valence-electron chi connectivity index (χ1n) is 6.22. The molecule has 0 saturated heterocycles. The molecule has 0 amide bonds. The van der Waals surface area contributed by atoms with E-state index in [-0.39, 0.29) is 23.0 Å². The molecule has 106 valence electrons. The Bertz CT molecular complexity index is 529. The summed E-state index contributed by atoms with van der Waals surface area (Å²) < 4.78 is 29.4. The lowest BCUT2D eigenvalue weighted by Crippen LogP contribution is -2.26. The van der Waals surface area contributed by atoms with Crippen LogP contribution in [0.4, 0.5) is 0 Å². The van der Waals surface area contributed by atoms with Crippen LogP contribution in [0.15, 0.2) is 29.2 Å². The predicted molar refractivity (Wildman–Crippen MR) is 73.4 cm³/mol. The smallest absolute Gasteiger partial charge is 0.297 e. The summed E-state index contributed by atoms with van der Waals surface area (Å²) in [5.74, 6) is -0.137. The van der Waals surface area contributed by atoms with Crippen LogP contribution in [0.3, 0.4) is 0 Å². The van der Waals surface area contributed by atoms with Gasteiger partial charge in [-0.2, -0.15) is 8.42 Å². The van der Waals surface area contributed by atoms with Gasteiger partial charge >= 0.3 is 0 Å². The minimum atomic E-state index is -3.82. The first-order valence-corrected chi connectivity index (χ1v) is 7.62. The average Bonchev–Trinajstić information content (AvgIpc) is 2.27. The summed E-state index contributed by atoms with van der Waals surface area (Å²) >= 11 is 0. The zero-order chi connectivity index (χ0) is 14.6. The van der Waals surface area contributed by atoms with E-state index in [2.05, 4.69) is 0 Å². The molecule has 0 aromatic heterocycles. The zero-order valence-electron chi connectivity index (χ0n) is 11.7. The van der Waals surface area contributed by atoms with Crippen molar-refractivity contribution in [3.63, 3.8) is 0 Å². The molecule has 5 heteroatoms. The fourth-order valence-electron chi connectivity index (χ4n) is 1.59. The van der Waals surface area contributed by atoms with E-state index < -0.39 is 16.2 Å². The van der Waals surface area contributed by atoms with Gasteiger partial charge in [0.2, 0.25) is 0 Å². The van der Waals surface area contributed by atoms with Crippen LogP contribution in [-0.4, -0.2) is 20.3 Å². The monoisotopic (exact) mass is 284 g/mol. The lowest BCUT2D eigenvalue weighted by Gasteiger charge is -2.19. The van der Waals surface area contributed by atoms with Gasteiger partial charge in [-0.25, -0.2) is 0 Å². The van der Waals surface area contributed by atoms with Crippen LogP contribution in [-0.2, 0) is 19.1 Å². The van der Waals surface area contributed by atoms with Gasteiger partial charge < -0.3 is 0 Å². The molecule has 1 unspecified atom stereocenters. The summed E-state index contributed by atoms with van der Waals surface area (Å²) in [5.41, 5.74) is 0.975. The van der Waals surface area contributed by atoms with Crippen LogP contribution in [0.2, 0.25) is 0 Å². The molecule has 0 aliphatic rings. The standard InChI is InChI=1S/C14H20O4S/c1-10(2)14(9-12(4)15)18-19(16,17)13-7-5-11(3)6-8-13/h5-8,10,14H,9H2,1-4H3. The Kier molecular flexibility index (Phi) is 5.26. The first-order chi connectivity index (χ1) is 8.72. The molecule has 1 aromatic rings. The zero-order valence-corrected chi connectivity index (χ0v) is 12.5. The summed E-state index contributed by atoms with van der Waals surface area (Å²) in [6.45, 7) is 6.97. The van der Waals surface area contributed by atoms with Gasteiger partial charge in [-0.15, -0.1) is 0 Å². The molecular weight excluding hydrogens is 264 g/mol.